The number of hydrogen-bond donors (Lipinski definition) is 1. The second kappa shape index (κ2) is 10.2. The first-order chi connectivity index (χ1) is 9.27. The molecule has 0 aliphatic carbocycles. The Morgan fingerprint density at radius 2 is 2.11 bits per heavy atom. The zero-order chi connectivity index (χ0) is 13.9. The molecule has 0 spiro atoms. The van der Waals surface area contributed by atoms with Gasteiger partial charge in [-0.2, -0.15) is 0 Å². The summed E-state index contributed by atoms with van der Waals surface area (Å²) in [7, 11) is 1.68. The minimum atomic E-state index is 0.432. The Hall–Kier alpha value is -0.610. The Morgan fingerprint density at radius 3 is 2.79 bits per heavy atom. The van der Waals surface area contributed by atoms with Crippen LogP contribution in [-0.4, -0.2) is 40.0 Å². The minimum absolute atomic E-state index is 0.432. The molecule has 0 aliphatic rings. The van der Waals surface area contributed by atoms with Crippen molar-refractivity contribution in [2.24, 2.45) is 0 Å². The van der Waals surface area contributed by atoms with Gasteiger partial charge in [-0.25, -0.2) is 0 Å². The number of halogens is 1. The Labute approximate surface area is 121 Å². The lowest BCUT2D eigenvalue weighted by Crippen LogP contribution is -2.22. The van der Waals surface area contributed by atoms with E-state index in [2.05, 4.69) is 18.3 Å². The summed E-state index contributed by atoms with van der Waals surface area (Å²) in [4.78, 5) is 0. The lowest BCUT2D eigenvalue weighted by atomic mass is 9.96. The standard InChI is InChI=1S/C15H24ClNO2/c1-3-17-12-14(7-8-19-10-9-18-2)13-5-4-6-15(16)11-13/h4-6,11,14,17H,3,7-10,12H2,1-2H3. The van der Waals surface area contributed by atoms with E-state index in [1.54, 1.807) is 7.11 Å². The number of rotatable bonds is 10. The number of benzene rings is 1. The average Bonchev–Trinajstić information content (AvgIpc) is 2.42. The Bertz CT molecular complexity index is 347. The van der Waals surface area contributed by atoms with Gasteiger partial charge >= 0.3 is 0 Å². The molecule has 1 atom stereocenters. The lowest BCUT2D eigenvalue weighted by Gasteiger charge is -2.18. The zero-order valence-corrected chi connectivity index (χ0v) is 12.6. The van der Waals surface area contributed by atoms with E-state index in [1.165, 1.54) is 5.56 Å². The average molecular weight is 286 g/mol. The summed E-state index contributed by atoms with van der Waals surface area (Å²) in [6.45, 7) is 6.08. The molecule has 1 rings (SSSR count). The predicted molar refractivity (Wildman–Crippen MR) is 80.0 cm³/mol. The second-order valence-electron chi connectivity index (χ2n) is 4.45. The molecule has 1 aromatic rings. The highest BCUT2D eigenvalue weighted by Gasteiger charge is 2.11. The Morgan fingerprint density at radius 1 is 1.26 bits per heavy atom. The maximum absolute atomic E-state index is 6.06. The zero-order valence-electron chi connectivity index (χ0n) is 11.8. The number of ether oxygens (including phenoxy) is 2. The van der Waals surface area contributed by atoms with E-state index in [9.17, 15) is 0 Å². The van der Waals surface area contributed by atoms with Crippen LogP contribution in [0.4, 0.5) is 0 Å². The van der Waals surface area contributed by atoms with Crippen molar-refractivity contribution in [3.63, 3.8) is 0 Å². The lowest BCUT2D eigenvalue weighted by molar-refractivity contribution is 0.0670. The van der Waals surface area contributed by atoms with Gasteiger partial charge in [0.25, 0.3) is 0 Å². The summed E-state index contributed by atoms with van der Waals surface area (Å²) in [5.41, 5.74) is 1.27. The SMILES string of the molecule is CCNCC(CCOCCOC)c1cccc(Cl)c1. The van der Waals surface area contributed by atoms with Crippen LogP contribution >= 0.6 is 11.6 Å². The van der Waals surface area contributed by atoms with Gasteiger partial charge in [-0.15, -0.1) is 0 Å². The van der Waals surface area contributed by atoms with Gasteiger partial charge in [0.15, 0.2) is 0 Å². The van der Waals surface area contributed by atoms with Gasteiger partial charge in [0, 0.05) is 25.3 Å². The van der Waals surface area contributed by atoms with Crippen LogP contribution in [0.1, 0.15) is 24.8 Å². The van der Waals surface area contributed by atoms with Crippen LogP contribution in [0.25, 0.3) is 0 Å². The molecule has 0 amide bonds. The summed E-state index contributed by atoms with van der Waals surface area (Å²) < 4.78 is 10.5. The van der Waals surface area contributed by atoms with Crippen molar-refractivity contribution >= 4 is 11.6 Å². The van der Waals surface area contributed by atoms with Crippen LogP contribution in [0.3, 0.4) is 0 Å². The molecule has 0 aromatic heterocycles. The molecule has 19 heavy (non-hydrogen) atoms. The van der Waals surface area contributed by atoms with E-state index in [4.69, 9.17) is 21.1 Å². The predicted octanol–water partition coefficient (Wildman–Crippen LogP) is 3.09. The summed E-state index contributed by atoms with van der Waals surface area (Å²) in [5.74, 6) is 0.432. The fourth-order valence-corrected chi connectivity index (χ4v) is 2.13. The number of hydrogen-bond acceptors (Lipinski definition) is 3. The van der Waals surface area contributed by atoms with Gasteiger partial charge in [-0.1, -0.05) is 30.7 Å². The van der Waals surface area contributed by atoms with Gasteiger partial charge in [-0.05, 0) is 36.6 Å². The molecule has 1 aromatic carbocycles. The van der Waals surface area contributed by atoms with E-state index in [0.717, 1.165) is 31.1 Å². The van der Waals surface area contributed by atoms with Crippen molar-refractivity contribution in [2.45, 2.75) is 19.3 Å². The summed E-state index contributed by atoms with van der Waals surface area (Å²) in [6, 6.07) is 8.08. The van der Waals surface area contributed by atoms with Crippen molar-refractivity contribution < 1.29 is 9.47 Å². The Kier molecular flexibility index (Phi) is 8.84. The molecule has 108 valence electrons. The maximum atomic E-state index is 6.06. The topological polar surface area (TPSA) is 30.5 Å². The molecule has 3 nitrogen and oxygen atoms in total. The molecule has 0 saturated carbocycles. The smallest absolute Gasteiger partial charge is 0.0700 e. The molecule has 0 bridgehead atoms. The van der Waals surface area contributed by atoms with Crippen molar-refractivity contribution in [1.29, 1.82) is 0 Å². The Balaban J connectivity index is 2.47. The molecule has 1 N–H and O–H groups in total. The number of methoxy groups -OCH3 is 1. The van der Waals surface area contributed by atoms with Gasteiger partial charge in [0.2, 0.25) is 0 Å². The van der Waals surface area contributed by atoms with Gasteiger partial charge < -0.3 is 14.8 Å². The number of likely N-dealkylation sites (N-methyl/N-ethyl adjacent to an activating group) is 1. The van der Waals surface area contributed by atoms with Crippen LogP contribution in [0.15, 0.2) is 24.3 Å². The molecule has 1 unspecified atom stereocenters. The highest BCUT2D eigenvalue weighted by atomic mass is 35.5. The van der Waals surface area contributed by atoms with Crippen LogP contribution in [0, 0.1) is 0 Å². The molecule has 0 radical (unpaired) electrons. The van der Waals surface area contributed by atoms with Crippen molar-refractivity contribution in [1.82, 2.24) is 5.32 Å². The largest absolute Gasteiger partial charge is 0.382 e. The van der Waals surface area contributed by atoms with E-state index in [0.29, 0.717) is 19.1 Å². The van der Waals surface area contributed by atoms with E-state index in [1.807, 2.05) is 18.2 Å². The maximum Gasteiger partial charge on any atom is 0.0700 e. The number of nitrogens with one attached hydrogen (secondary N) is 1. The molecule has 0 saturated heterocycles. The third kappa shape index (κ3) is 6.92. The van der Waals surface area contributed by atoms with E-state index in [-0.39, 0.29) is 0 Å². The summed E-state index contributed by atoms with van der Waals surface area (Å²) >= 11 is 6.06. The third-order valence-corrected chi connectivity index (χ3v) is 3.24. The second-order valence-corrected chi connectivity index (χ2v) is 4.89. The van der Waals surface area contributed by atoms with Gasteiger partial charge in [0.05, 0.1) is 13.2 Å². The summed E-state index contributed by atoms with van der Waals surface area (Å²) in [5, 5.41) is 4.19. The van der Waals surface area contributed by atoms with Crippen LogP contribution in [-0.2, 0) is 9.47 Å². The monoisotopic (exact) mass is 285 g/mol. The van der Waals surface area contributed by atoms with E-state index >= 15 is 0 Å². The molecule has 0 heterocycles. The van der Waals surface area contributed by atoms with Crippen LogP contribution in [0.2, 0.25) is 5.02 Å². The highest BCUT2D eigenvalue weighted by Crippen LogP contribution is 2.22. The van der Waals surface area contributed by atoms with Gasteiger partial charge in [-0.3, -0.25) is 0 Å². The van der Waals surface area contributed by atoms with Crippen LogP contribution < -0.4 is 5.32 Å². The molecule has 0 fully saturated rings. The first-order valence-corrected chi connectivity index (χ1v) is 7.18. The fourth-order valence-electron chi connectivity index (χ4n) is 1.94. The first-order valence-electron chi connectivity index (χ1n) is 6.80. The van der Waals surface area contributed by atoms with Crippen molar-refractivity contribution in [3.8, 4) is 0 Å². The first kappa shape index (κ1) is 16.4. The molecule has 0 aliphatic heterocycles. The fraction of sp³-hybridized carbons (Fsp3) is 0.600. The molecule has 4 heteroatoms. The third-order valence-electron chi connectivity index (χ3n) is 3.00. The quantitative estimate of drug-likeness (QED) is 0.670. The van der Waals surface area contributed by atoms with Crippen molar-refractivity contribution in [3.05, 3.63) is 34.9 Å². The van der Waals surface area contributed by atoms with Crippen LogP contribution in [0.5, 0.6) is 0 Å². The normalized spacial score (nSPS) is 12.6. The van der Waals surface area contributed by atoms with Gasteiger partial charge in [0.1, 0.15) is 0 Å². The van der Waals surface area contributed by atoms with E-state index < -0.39 is 0 Å². The minimum Gasteiger partial charge on any atom is -0.382 e. The molecular formula is C15H24ClNO2. The summed E-state index contributed by atoms with van der Waals surface area (Å²) in [6.07, 6.45) is 0.983. The highest BCUT2D eigenvalue weighted by molar-refractivity contribution is 6.30. The molecular weight excluding hydrogens is 262 g/mol. The van der Waals surface area contributed by atoms with Crippen molar-refractivity contribution in [2.75, 3.05) is 40.0 Å².